The van der Waals surface area contributed by atoms with Crippen molar-refractivity contribution in [2.24, 2.45) is 11.8 Å². The predicted octanol–water partition coefficient (Wildman–Crippen LogP) is 2.84. The fourth-order valence-corrected chi connectivity index (χ4v) is 5.01. The molecule has 40 heavy (non-hydrogen) atoms. The van der Waals surface area contributed by atoms with Crippen molar-refractivity contribution in [3.8, 4) is 5.75 Å². The smallest absolute Gasteiger partial charge is 0.243 e. The number of nitrogens with one attached hydrogen (secondary N) is 3. The van der Waals surface area contributed by atoms with Crippen LogP contribution in [-0.4, -0.2) is 67.0 Å². The van der Waals surface area contributed by atoms with Gasteiger partial charge in [-0.1, -0.05) is 37.3 Å². The van der Waals surface area contributed by atoms with E-state index >= 15 is 0 Å². The third-order valence-electron chi connectivity index (χ3n) is 7.77. The molecule has 2 aromatic rings. The molecule has 1 aliphatic carbocycles. The summed E-state index contributed by atoms with van der Waals surface area (Å²) in [6.45, 7) is 6.57. The van der Waals surface area contributed by atoms with E-state index in [0.29, 0.717) is 25.1 Å². The van der Waals surface area contributed by atoms with E-state index in [9.17, 15) is 18.8 Å². The Hall–Kier alpha value is -3.46. The molecule has 3 N–H and O–H groups in total. The van der Waals surface area contributed by atoms with Gasteiger partial charge in [0.1, 0.15) is 29.8 Å². The maximum absolute atomic E-state index is 13.5. The monoisotopic (exact) mass is 552 g/mol. The molecule has 8 nitrogen and oxygen atoms in total. The lowest BCUT2D eigenvalue weighted by atomic mass is 9.99. The second-order valence-electron chi connectivity index (χ2n) is 11.3. The minimum absolute atomic E-state index is 0.102. The molecule has 0 saturated heterocycles. The van der Waals surface area contributed by atoms with E-state index in [2.05, 4.69) is 22.9 Å². The van der Waals surface area contributed by atoms with Gasteiger partial charge in [0.2, 0.25) is 17.7 Å². The van der Waals surface area contributed by atoms with Crippen LogP contribution in [0.25, 0.3) is 0 Å². The highest BCUT2D eigenvalue weighted by Crippen LogP contribution is 2.33. The van der Waals surface area contributed by atoms with Crippen LogP contribution in [0, 0.1) is 17.7 Å². The van der Waals surface area contributed by atoms with Crippen LogP contribution in [0.5, 0.6) is 5.75 Å². The number of amides is 3. The van der Waals surface area contributed by atoms with E-state index in [4.69, 9.17) is 4.74 Å². The summed E-state index contributed by atoms with van der Waals surface area (Å²) in [6, 6.07) is 11.6. The van der Waals surface area contributed by atoms with Crippen molar-refractivity contribution < 1.29 is 23.5 Å². The highest BCUT2D eigenvalue weighted by molar-refractivity contribution is 5.93. The van der Waals surface area contributed by atoms with Gasteiger partial charge < -0.3 is 25.6 Å². The summed E-state index contributed by atoms with van der Waals surface area (Å²) in [6.07, 6.45) is 2.61. The van der Waals surface area contributed by atoms with Crippen molar-refractivity contribution in [3.05, 3.63) is 65.5 Å². The average molecular weight is 553 g/mol. The third kappa shape index (κ3) is 7.81. The third-order valence-corrected chi connectivity index (χ3v) is 7.77. The number of carbonyl (C=O) groups is 3. The first-order valence-corrected chi connectivity index (χ1v) is 14.2. The second kappa shape index (κ2) is 13.3. The summed E-state index contributed by atoms with van der Waals surface area (Å²) in [5.74, 6) is -0.181. The molecule has 5 atom stereocenters. The SMILES string of the molecule is C[C@H]1CNC(=O)[C@@H](Cc2ccc(F)cc2)NC(=O)[C@@H](C)N(C)C(=O)[C@H](C2CC2)NC[C@@H](C)Oc2ccccc2C1. The number of rotatable bonds is 3. The first-order chi connectivity index (χ1) is 19.1. The minimum atomic E-state index is -0.885. The van der Waals surface area contributed by atoms with E-state index in [0.717, 1.165) is 24.2 Å². The van der Waals surface area contributed by atoms with Crippen LogP contribution >= 0.6 is 0 Å². The number of likely N-dealkylation sites (N-methyl/N-ethyl adjacent to an activating group) is 1. The van der Waals surface area contributed by atoms with Crippen molar-refractivity contribution in [2.45, 2.75) is 70.7 Å². The van der Waals surface area contributed by atoms with Gasteiger partial charge in [0.25, 0.3) is 0 Å². The number of fused-ring (bicyclic) bond motifs is 1. The Labute approximate surface area is 236 Å². The molecule has 9 heteroatoms. The molecular weight excluding hydrogens is 511 g/mol. The molecule has 0 unspecified atom stereocenters. The molecule has 1 heterocycles. The van der Waals surface area contributed by atoms with Crippen LogP contribution < -0.4 is 20.7 Å². The number of para-hydroxylation sites is 1. The van der Waals surface area contributed by atoms with Crippen molar-refractivity contribution in [3.63, 3.8) is 0 Å². The molecule has 216 valence electrons. The van der Waals surface area contributed by atoms with Crippen LogP contribution in [0.4, 0.5) is 4.39 Å². The number of nitrogens with zero attached hydrogens (tertiary/aromatic N) is 1. The quantitative estimate of drug-likeness (QED) is 0.544. The molecule has 1 aliphatic heterocycles. The van der Waals surface area contributed by atoms with Crippen LogP contribution in [0.3, 0.4) is 0 Å². The highest BCUT2D eigenvalue weighted by Gasteiger charge is 2.39. The Morgan fingerprint density at radius 1 is 0.950 bits per heavy atom. The largest absolute Gasteiger partial charge is 0.489 e. The van der Waals surface area contributed by atoms with Gasteiger partial charge in [-0.05, 0) is 74.3 Å². The predicted molar refractivity (Wildman–Crippen MR) is 151 cm³/mol. The summed E-state index contributed by atoms with van der Waals surface area (Å²) in [7, 11) is 1.62. The zero-order valence-corrected chi connectivity index (χ0v) is 23.8. The zero-order valence-electron chi connectivity index (χ0n) is 23.8. The van der Waals surface area contributed by atoms with Gasteiger partial charge in [-0.2, -0.15) is 0 Å². The fraction of sp³-hybridized carbons (Fsp3) is 0.516. The van der Waals surface area contributed by atoms with Gasteiger partial charge in [-0.3, -0.25) is 14.4 Å². The van der Waals surface area contributed by atoms with Crippen molar-refractivity contribution in [1.29, 1.82) is 0 Å². The molecule has 1 fully saturated rings. The van der Waals surface area contributed by atoms with Crippen LogP contribution in [-0.2, 0) is 27.2 Å². The number of benzene rings is 2. The number of ether oxygens (including phenoxy) is 1. The van der Waals surface area contributed by atoms with Gasteiger partial charge in [0, 0.05) is 26.6 Å². The number of halogens is 1. The Balaban J connectivity index is 1.59. The molecule has 0 bridgehead atoms. The summed E-state index contributed by atoms with van der Waals surface area (Å²) in [5.41, 5.74) is 1.75. The summed E-state index contributed by atoms with van der Waals surface area (Å²) in [5, 5.41) is 9.24. The van der Waals surface area contributed by atoms with E-state index in [1.54, 1.807) is 26.1 Å². The normalized spacial score (nSPS) is 27.5. The molecule has 0 radical (unpaired) electrons. The summed E-state index contributed by atoms with van der Waals surface area (Å²) in [4.78, 5) is 41.6. The fourth-order valence-electron chi connectivity index (χ4n) is 5.01. The van der Waals surface area contributed by atoms with E-state index < -0.39 is 24.0 Å². The van der Waals surface area contributed by atoms with Gasteiger partial charge in [-0.15, -0.1) is 0 Å². The first-order valence-electron chi connectivity index (χ1n) is 14.2. The molecule has 4 rings (SSSR count). The van der Waals surface area contributed by atoms with E-state index in [-0.39, 0.29) is 42.0 Å². The molecule has 2 aromatic carbocycles. The summed E-state index contributed by atoms with van der Waals surface area (Å²) >= 11 is 0. The number of hydrogen-bond acceptors (Lipinski definition) is 5. The molecule has 0 aromatic heterocycles. The van der Waals surface area contributed by atoms with Crippen molar-refractivity contribution in [1.82, 2.24) is 20.9 Å². The first kappa shape index (κ1) is 29.5. The zero-order chi connectivity index (χ0) is 28.8. The Bertz CT molecular complexity index is 1190. The van der Waals surface area contributed by atoms with Crippen molar-refractivity contribution in [2.75, 3.05) is 20.1 Å². The molecular formula is C31H41FN4O4. The molecule has 0 spiro atoms. The number of carbonyl (C=O) groups excluding carboxylic acids is 3. The van der Waals surface area contributed by atoms with Crippen LogP contribution in [0.2, 0.25) is 0 Å². The Morgan fingerprint density at radius 2 is 1.65 bits per heavy atom. The van der Waals surface area contributed by atoms with Crippen molar-refractivity contribution >= 4 is 17.7 Å². The van der Waals surface area contributed by atoms with Crippen LogP contribution in [0.1, 0.15) is 44.7 Å². The number of hydrogen-bond donors (Lipinski definition) is 3. The van der Waals surface area contributed by atoms with Gasteiger partial charge in [0.15, 0.2) is 0 Å². The average Bonchev–Trinajstić information content (AvgIpc) is 3.77. The lowest BCUT2D eigenvalue weighted by Gasteiger charge is -2.31. The Kier molecular flexibility index (Phi) is 9.79. The lowest BCUT2D eigenvalue weighted by molar-refractivity contribution is -0.141. The minimum Gasteiger partial charge on any atom is -0.489 e. The second-order valence-corrected chi connectivity index (χ2v) is 11.3. The highest BCUT2D eigenvalue weighted by atomic mass is 19.1. The van der Waals surface area contributed by atoms with E-state index in [1.165, 1.54) is 17.0 Å². The summed E-state index contributed by atoms with van der Waals surface area (Å²) < 4.78 is 19.8. The molecule has 2 aliphatic rings. The van der Waals surface area contributed by atoms with Gasteiger partial charge in [0.05, 0.1) is 6.04 Å². The standard InChI is InChI=1S/C31H41FN4O4/c1-19-15-24-7-5-6-8-27(24)40-20(2)18-33-28(23-11-12-23)31(39)36(4)21(3)29(37)35-26(30(38)34-17-19)16-22-9-13-25(32)14-10-22/h5-10,13-14,19-21,23,26,28,33H,11-12,15-18H2,1-4H3,(H,34,38)(H,35,37)/t19-,20-,21-,26-,28+/m1/s1. The van der Waals surface area contributed by atoms with Gasteiger partial charge in [-0.25, -0.2) is 4.39 Å². The molecule has 1 saturated carbocycles. The van der Waals surface area contributed by atoms with Gasteiger partial charge >= 0.3 is 0 Å². The molecule has 3 amide bonds. The maximum atomic E-state index is 13.5. The Morgan fingerprint density at radius 3 is 2.35 bits per heavy atom. The van der Waals surface area contributed by atoms with Crippen LogP contribution in [0.15, 0.2) is 48.5 Å². The maximum Gasteiger partial charge on any atom is 0.243 e. The topological polar surface area (TPSA) is 99.8 Å². The lowest BCUT2D eigenvalue weighted by Crippen LogP contribution is -2.57. The van der Waals surface area contributed by atoms with E-state index in [1.807, 2.05) is 31.2 Å².